The van der Waals surface area contributed by atoms with Gasteiger partial charge in [-0.2, -0.15) is 0 Å². The van der Waals surface area contributed by atoms with Crippen LogP contribution >= 0.6 is 11.6 Å². The normalized spacial score (nSPS) is 9.29. The molecule has 0 unspecified atom stereocenters. The van der Waals surface area contributed by atoms with E-state index in [9.17, 15) is 0 Å². The molecule has 0 spiro atoms. The maximum atomic E-state index is 5.93. The lowest BCUT2D eigenvalue weighted by molar-refractivity contribution is 0.700. The van der Waals surface area contributed by atoms with Gasteiger partial charge in [0.2, 0.25) is 0 Å². The van der Waals surface area contributed by atoms with Crippen molar-refractivity contribution in [1.29, 1.82) is 0 Å². The summed E-state index contributed by atoms with van der Waals surface area (Å²) in [6.45, 7) is 3.51. The van der Waals surface area contributed by atoms with Crippen LogP contribution in [0.5, 0.6) is 0 Å². The van der Waals surface area contributed by atoms with Crippen LogP contribution in [0.3, 0.4) is 0 Å². The van der Waals surface area contributed by atoms with Crippen LogP contribution < -0.4 is 5.32 Å². The number of aromatic nitrogens is 1. The van der Waals surface area contributed by atoms with Crippen molar-refractivity contribution in [3.8, 4) is 11.8 Å². The van der Waals surface area contributed by atoms with Gasteiger partial charge in [-0.25, -0.2) is 0 Å². The predicted octanol–water partition coefficient (Wildman–Crippen LogP) is 2.24. The Morgan fingerprint density at radius 3 is 3.14 bits per heavy atom. The second-order valence-corrected chi connectivity index (χ2v) is 3.23. The molecule has 0 aliphatic carbocycles. The number of hydrogen-bond acceptors (Lipinski definition) is 2. The van der Waals surface area contributed by atoms with Gasteiger partial charge in [-0.1, -0.05) is 11.6 Å². The highest BCUT2D eigenvalue weighted by Gasteiger charge is 1.97. The van der Waals surface area contributed by atoms with E-state index in [-0.39, 0.29) is 0 Å². The number of hydrogen-bond donors (Lipinski definition) is 1. The number of nitrogens with one attached hydrogen (secondary N) is 1. The Balaban J connectivity index is 2.30. The summed E-state index contributed by atoms with van der Waals surface area (Å²) in [5, 5.41) is 3.97. The average Bonchev–Trinajstić information content (AvgIpc) is 2.20. The first kappa shape index (κ1) is 11.0. The first-order valence-corrected chi connectivity index (χ1v) is 4.91. The molecule has 14 heavy (non-hydrogen) atoms. The third-order valence-corrected chi connectivity index (χ3v) is 2.12. The van der Waals surface area contributed by atoms with Crippen molar-refractivity contribution in [2.24, 2.45) is 0 Å². The van der Waals surface area contributed by atoms with Gasteiger partial charge in [0, 0.05) is 31.9 Å². The van der Waals surface area contributed by atoms with Gasteiger partial charge in [-0.05, 0) is 18.6 Å². The molecule has 0 fully saturated rings. The number of pyridine rings is 1. The van der Waals surface area contributed by atoms with E-state index in [1.807, 2.05) is 13.0 Å². The van der Waals surface area contributed by atoms with Crippen molar-refractivity contribution in [3.05, 3.63) is 29.0 Å². The Morgan fingerprint density at radius 2 is 2.43 bits per heavy atom. The molecule has 0 radical (unpaired) electrons. The Labute approximate surface area is 89.7 Å². The van der Waals surface area contributed by atoms with E-state index in [1.54, 1.807) is 12.4 Å². The smallest absolute Gasteiger partial charge is 0.0634 e. The minimum atomic E-state index is 0.710. The lowest BCUT2D eigenvalue weighted by Crippen LogP contribution is -2.14. The Kier molecular flexibility index (Phi) is 5.06. The zero-order valence-electron chi connectivity index (χ0n) is 8.18. The lowest BCUT2D eigenvalue weighted by Gasteiger charge is -2.03. The molecule has 0 amide bonds. The maximum Gasteiger partial charge on any atom is 0.0634 e. The second-order valence-electron chi connectivity index (χ2n) is 2.82. The van der Waals surface area contributed by atoms with Crippen LogP contribution in [-0.4, -0.2) is 11.5 Å². The summed E-state index contributed by atoms with van der Waals surface area (Å²) in [5.41, 5.74) is 1.08. The molecule has 0 aromatic carbocycles. The van der Waals surface area contributed by atoms with Gasteiger partial charge in [0.25, 0.3) is 0 Å². The summed E-state index contributed by atoms with van der Waals surface area (Å²) in [6, 6.07) is 1.92. The van der Waals surface area contributed by atoms with Gasteiger partial charge in [0.15, 0.2) is 0 Å². The largest absolute Gasteiger partial charge is 0.312 e. The molecule has 1 N–H and O–H groups in total. The van der Waals surface area contributed by atoms with Crippen molar-refractivity contribution >= 4 is 11.6 Å². The van der Waals surface area contributed by atoms with Gasteiger partial charge in [0.05, 0.1) is 5.02 Å². The van der Waals surface area contributed by atoms with Crippen LogP contribution in [0, 0.1) is 11.8 Å². The molecule has 0 aliphatic heterocycles. The fourth-order valence-electron chi connectivity index (χ4n) is 1.05. The van der Waals surface area contributed by atoms with Crippen LogP contribution in [0.4, 0.5) is 0 Å². The van der Waals surface area contributed by atoms with E-state index < -0.39 is 0 Å². The molecular formula is C11H13ClN2. The van der Waals surface area contributed by atoms with Crippen LogP contribution in [0.25, 0.3) is 0 Å². The van der Waals surface area contributed by atoms with Gasteiger partial charge in [-0.3, -0.25) is 4.98 Å². The molecule has 0 aliphatic rings. The monoisotopic (exact) mass is 208 g/mol. The minimum Gasteiger partial charge on any atom is -0.312 e. The second kappa shape index (κ2) is 6.42. The minimum absolute atomic E-state index is 0.710. The average molecular weight is 209 g/mol. The van der Waals surface area contributed by atoms with Gasteiger partial charge >= 0.3 is 0 Å². The van der Waals surface area contributed by atoms with Crippen molar-refractivity contribution in [2.45, 2.75) is 19.9 Å². The molecule has 3 heteroatoms. The van der Waals surface area contributed by atoms with Crippen molar-refractivity contribution in [1.82, 2.24) is 10.3 Å². The Hall–Kier alpha value is -1.04. The summed E-state index contributed by atoms with van der Waals surface area (Å²) >= 11 is 5.93. The van der Waals surface area contributed by atoms with Crippen LogP contribution in [0.15, 0.2) is 18.5 Å². The first-order valence-electron chi connectivity index (χ1n) is 4.53. The third kappa shape index (κ3) is 3.78. The molecule has 2 nitrogen and oxygen atoms in total. The van der Waals surface area contributed by atoms with Gasteiger partial charge in [0.1, 0.15) is 0 Å². The SMILES string of the molecule is CC#CCCNCc1ccncc1Cl. The standard InChI is InChI=1S/C11H13ClN2/c1-2-3-4-6-13-8-10-5-7-14-9-11(10)12/h5,7,9,13H,4,6,8H2,1H3. The van der Waals surface area contributed by atoms with E-state index in [4.69, 9.17) is 11.6 Å². The fraction of sp³-hybridized carbons (Fsp3) is 0.364. The summed E-state index contributed by atoms with van der Waals surface area (Å²) in [4.78, 5) is 3.92. The summed E-state index contributed by atoms with van der Waals surface area (Å²) in [7, 11) is 0. The predicted molar refractivity (Wildman–Crippen MR) is 59.0 cm³/mol. The summed E-state index contributed by atoms with van der Waals surface area (Å²) in [6.07, 6.45) is 4.28. The Bertz CT molecular complexity index is 339. The zero-order valence-corrected chi connectivity index (χ0v) is 8.93. The molecule has 0 atom stereocenters. The summed E-state index contributed by atoms with van der Waals surface area (Å²) in [5.74, 6) is 5.84. The van der Waals surface area contributed by atoms with Gasteiger partial charge < -0.3 is 5.32 Å². The third-order valence-electron chi connectivity index (χ3n) is 1.78. The van der Waals surface area contributed by atoms with Crippen molar-refractivity contribution < 1.29 is 0 Å². The zero-order chi connectivity index (χ0) is 10.2. The molecule has 1 aromatic heterocycles. The lowest BCUT2D eigenvalue weighted by atomic mass is 10.2. The van der Waals surface area contributed by atoms with E-state index in [1.165, 1.54) is 0 Å². The highest BCUT2D eigenvalue weighted by Crippen LogP contribution is 2.12. The molecule has 74 valence electrons. The van der Waals surface area contributed by atoms with E-state index in [2.05, 4.69) is 22.1 Å². The molecule has 1 heterocycles. The molecule has 1 aromatic rings. The molecule has 0 saturated heterocycles. The highest BCUT2D eigenvalue weighted by atomic mass is 35.5. The first-order chi connectivity index (χ1) is 6.84. The number of rotatable bonds is 4. The maximum absolute atomic E-state index is 5.93. The molecule has 0 saturated carbocycles. The van der Waals surface area contributed by atoms with E-state index in [0.717, 1.165) is 25.1 Å². The van der Waals surface area contributed by atoms with Crippen LogP contribution in [0.2, 0.25) is 5.02 Å². The highest BCUT2D eigenvalue weighted by molar-refractivity contribution is 6.31. The molecule has 1 rings (SSSR count). The number of nitrogens with zero attached hydrogens (tertiary/aromatic N) is 1. The van der Waals surface area contributed by atoms with Crippen molar-refractivity contribution in [3.63, 3.8) is 0 Å². The van der Waals surface area contributed by atoms with E-state index >= 15 is 0 Å². The van der Waals surface area contributed by atoms with Crippen LogP contribution in [0.1, 0.15) is 18.9 Å². The fourth-order valence-corrected chi connectivity index (χ4v) is 1.23. The summed E-state index contributed by atoms with van der Waals surface area (Å²) < 4.78 is 0. The number of halogens is 1. The molecular weight excluding hydrogens is 196 g/mol. The quantitative estimate of drug-likeness (QED) is 0.607. The van der Waals surface area contributed by atoms with Gasteiger partial charge in [-0.15, -0.1) is 11.8 Å². The topological polar surface area (TPSA) is 24.9 Å². The van der Waals surface area contributed by atoms with E-state index in [0.29, 0.717) is 5.02 Å². The molecule has 0 bridgehead atoms. The van der Waals surface area contributed by atoms with Crippen molar-refractivity contribution in [2.75, 3.05) is 6.54 Å². The van der Waals surface area contributed by atoms with Crippen LogP contribution in [-0.2, 0) is 6.54 Å². The Morgan fingerprint density at radius 1 is 1.57 bits per heavy atom.